The number of carbonyl (C=O) groups excluding carboxylic acids is 1. The molecule has 15 heavy (non-hydrogen) atoms. The molecule has 0 radical (unpaired) electrons. The topological polar surface area (TPSA) is 29.1 Å². The van der Waals surface area contributed by atoms with Gasteiger partial charge in [-0.1, -0.05) is 19.9 Å². The van der Waals surface area contributed by atoms with E-state index in [-0.39, 0.29) is 5.41 Å². The molecule has 2 heterocycles. The van der Waals surface area contributed by atoms with Gasteiger partial charge in [0.15, 0.2) is 5.78 Å². The minimum atomic E-state index is -0.162. The maximum absolute atomic E-state index is 12.4. The molecular formula is C12H17NOS. The van der Waals surface area contributed by atoms with Gasteiger partial charge in [0, 0.05) is 6.54 Å². The fraction of sp³-hybridized carbons (Fsp3) is 0.583. The molecule has 0 bridgehead atoms. The van der Waals surface area contributed by atoms with Crippen LogP contribution in [0.25, 0.3) is 0 Å². The summed E-state index contributed by atoms with van der Waals surface area (Å²) in [6, 6.07) is 3.89. The lowest BCUT2D eigenvalue weighted by Gasteiger charge is -2.30. The Morgan fingerprint density at radius 2 is 2.40 bits per heavy atom. The number of hydrogen-bond donors (Lipinski definition) is 1. The highest BCUT2D eigenvalue weighted by atomic mass is 32.1. The Balaban J connectivity index is 2.30. The first-order chi connectivity index (χ1) is 7.17. The van der Waals surface area contributed by atoms with E-state index in [0.717, 1.165) is 24.4 Å². The van der Waals surface area contributed by atoms with Gasteiger partial charge in [-0.2, -0.15) is 0 Å². The zero-order valence-corrected chi connectivity index (χ0v) is 10.1. The summed E-state index contributed by atoms with van der Waals surface area (Å²) in [5.41, 5.74) is -0.162. The summed E-state index contributed by atoms with van der Waals surface area (Å²) in [7, 11) is 0. The summed E-state index contributed by atoms with van der Waals surface area (Å²) < 4.78 is 0. The van der Waals surface area contributed by atoms with Crippen molar-refractivity contribution >= 4 is 17.1 Å². The second-order valence-corrected chi connectivity index (χ2v) is 5.49. The van der Waals surface area contributed by atoms with Crippen LogP contribution in [0.15, 0.2) is 17.5 Å². The van der Waals surface area contributed by atoms with Crippen molar-refractivity contribution in [3.05, 3.63) is 22.4 Å². The number of hydrogen-bond acceptors (Lipinski definition) is 3. The molecule has 0 saturated carbocycles. The SMILES string of the molecule is CC(C)C1(C(=O)c2cccs2)CCNC1. The van der Waals surface area contributed by atoms with E-state index in [4.69, 9.17) is 0 Å². The van der Waals surface area contributed by atoms with E-state index < -0.39 is 0 Å². The lowest BCUT2D eigenvalue weighted by atomic mass is 9.72. The Morgan fingerprint density at radius 1 is 1.60 bits per heavy atom. The number of thiophene rings is 1. The first-order valence-electron chi connectivity index (χ1n) is 5.46. The van der Waals surface area contributed by atoms with Crippen LogP contribution in [-0.4, -0.2) is 18.9 Å². The van der Waals surface area contributed by atoms with Crippen LogP contribution in [0.1, 0.15) is 29.9 Å². The van der Waals surface area contributed by atoms with Crippen LogP contribution in [-0.2, 0) is 0 Å². The Morgan fingerprint density at radius 3 is 2.87 bits per heavy atom. The van der Waals surface area contributed by atoms with Crippen LogP contribution in [0.5, 0.6) is 0 Å². The van der Waals surface area contributed by atoms with E-state index in [1.807, 2.05) is 17.5 Å². The molecule has 1 atom stereocenters. The van der Waals surface area contributed by atoms with Gasteiger partial charge in [-0.05, 0) is 30.3 Å². The third-order valence-electron chi connectivity index (χ3n) is 3.49. The van der Waals surface area contributed by atoms with Crippen molar-refractivity contribution in [2.45, 2.75) is 20.3 Å². The van der Waals surface area contributed by atoms with Crippen molar-refractivity contribution in [2.75, 3.05) is 13.1 Å². The van der Waals surface area contributed by atoms with E-state index in [2.05, 4.69) is 19.2 Å². The number of carbonyl (C=O) groups is 1. The Labute approximate surface area is 94.7 Å². The summed E-state index contributed by atoms with van der Waals surface area (Å²) >= 11 is 1.56. The first kappa shape index (κ1) is 10.8. The summed E-state index contributed by atoms with van der Waals surface area (Å²) in [5.74, 6) is 0.736. The molecule has 1 unspecified atom stereocenters. The van der Waals surface area contributed by atoms with Crippen LogP contribution >= 0.6 is 11.3 Å². The zero-order valence-electron chi connectivity index (χ0n) is 9.25. The van der Waals surface area contributed by atoms with Gasteiger partial charge in [-0.25, -0.2) is 0 Å². The molecule has 3 heteroatoms. The second kappa shape index (κ2) is 4.06. The zero-order chi connectivity index (χ0) is 10.9. The second-order valence-electron chi connectivity index (χ2n) is 4.54. The molecule has 1 aliphatic heterocycles. The van der Waals surface area contributed by atoms with Crippen molar-refractivity contribution in [2.24, 2.45) is 11.3 Å². The molecule has 0 amide bonds. The average molecular weight is 223 g/mol. The van der Waals surface area contributed by atoms with Gasteiger partial charge in [0.1, 0.15) is 0 Å². The molecule has 82 valence electrons. The lowest BCUT2D eigenvalue weighted by molar-refractivity contribution is 0.0745. The van der Waals surface area contributed by atoms with Gasteiger partial charge in [-0.3, -0.25) is 4.79 Å². The molecule has 1 aromatic rings. The monoisotopic (exact) mass is 223 g/mol. The van der Waals surface area contributed by atoms with E-state index >= 15 is 0 Å². The average Bonchev–Trinajstić information content (AvgIpc) is 2.89. The van der Waals surface area contributed by atoms with Crippen LogP contribution in [0.2, 0.25) is 0 Å². The normalized spacial score (nSPS) is 26.1. The number of ketones is 1. The number of Topliss-reactive ketones (excluding diaryl/α,β-unsaturated/α-hetero) is 1. The third-order valence-corrected chi connectivity index (χ3v) is 4.36. The van der Waals surface area contributed by atoms with Crippen LogP contribution in [0.4, 0.5) is 0 Å². The predicted octanol–water partition coefficient (Wildman–Crippen LogP) is 2.57. The van der Waals surface area contributed by atoms with Crippen LogP contribution < -0.4 is 5.32 Å². The summed E-state index contributed by atoms with van der Waals surface area (Å²) in [4.78, 5) is 13.4. The fourth-order valence-electron chi connectivity index (χ4n) is 2.31. The molecule has 0 aromatic carbocycles. The summed E-state index contributed by atoms with van der Waals surface area (Å²) in [6.45, 7) is 6.10. The third kappa shape index (κ3) is 1.74. The van der Waals surface area contributed by atoms with E-state index in [0.29, 0.717) is 11.7 Å². The highest BCUT2D eigenvalue weighted by molar-refractivity contribution is 7.12. The van der Waals surface area contributed by atoms with E-state index in [1.54, 1.807) is 11.3 Å². The predicted molar refractivity (Wildman–Crippen MR) is 63.4 cm³/mol. The minimum absolute atomic E-state index is 0.162. The maximum atomic E-state index is 12.4. The minimum Gasteiger partial charge on any atom is -0.316 e. The Hall–Kier alpha value is -0.670. The highest BCUT2D eigenvalue weighted by Gasteiger charge is 2.44. The van der Waals surface area contributed by atoms with Crippen LogP contribution in [0, 0.1) is 11.3 Å². The molecule has 1 aromatic heterocycles. The van der Waals surface area contributed by atoms with E-state index in [9.17, 15) is 4.79 Å². The summed E-state index contributed by atoms with van der Waals surface area (Å²) in [5, 5.41) is 5.30. The molecule has 0 spiro atoms. The Bertz CT molecular complexity index is 337. The Kier molecular flexibility index (Phi) is 2.94. The molecule has 2 nitrogen and oxygen atoms in total. The van der Waals surface area contributed by atoms with Crippen molar-refractivity contribution < 1.29 is 4.79 Å². The number of nitrogens with one attached hydrogen (secondary N) is 1. The molecule has 1 saturated heterocycles. The van der Waals surface area contributed by atoms with Crippen LogP contribution in [0.3, 0.4) is 0 Å². The molecule has 1 fully saturated rings. The highest BCUT2D eigenvalue weighted by Crippen LogP contribution is 2.38. The van der Waals surface area contributed by atoms with Crippen molar-refractivity contribution in [1.82, 2.24) is 5.32 Å². The van der Waals surface area contributed by atoms with Gasteiger partial charge in [0.05, 0.1) is 10.3 Å². The molecule has 1 aliphatic rings. The molecule has 0 aliphatic carbocycles. The first-order valence-corrected chi connectivity index (χ1v) is 6.34. The lowest BCUT2D eigenvalue weighted by Crippen LogP contribution is -2.38. The standard InChI is InChI=1S/C12H17NOS/c1-9(2)12(5-6-13-8-12)11(14)10-4-3-7-15-10/h3-4,7,9,13H,5-6,8H2,1-2H3. The smallest absolute Gasteiger partial charge is 0.180 e. The van der Waals surface area contributed by atoms with E-state index in [1.165, 1.54) is 0 Å². The molecule has 1 N–H and O–H groups in total. The van der Waals surface area contributed by atoms with Crippen molar-refractivity contribution in [3.63, 3.8) is 0 Å². The van der Waals surface area contributed by atoms with Gasteiger partial charge in [0.25, 0.3) is 0 Å². The maximum Gasteiger partial charge on any atom is 0.180 e. The van der Waals surface area contributed by atoms with Crippen molar-refractivity contribution in [1.29, 1.82) is 0 Å². The largest absolute Gasteiger partial charge is 0.316 e. The molecular weight excluding hydrogens is 206 g/mol. The van der Waals surface area contributed by atoms with Gasteiger partial charge < -0.3 is 5.32 Å². The quantitative estimate of drug-likeness (QED) is 0.798. The summed E-state index contributed by atoms with van der Waals surface area (Å²) in [6.07, 6.45) is 0.974. The molecule has 2 rings (SSSR count). The van der Waals surface area contributed by atoms with Gasteiger partial charge >= 0.3 is 0 Å². The fourth-order valence-corrected chi connectivity index (χ4v) is 3.08. The van der Waals surface area contributed by atoms with Crippen molar-refractivity contribution in [3.8, 4) is 0 Å². The van der Waals surface area contributed by atoms with Gasteiger partial charge in [-0.15, -0.1) is 11.3 Å². The number of rotatable bonds is 3. The van der Waals surface area contributed by atoms with Gasteiger partial charge in [0.2, 0.25) is 0 Å².